The number of carbonyl (C=O) groups is 1. The van der Waals surface area contributed by atoms with Crippen LogP contribution >= 0.6 is 0 Å². The van der Waals surface area contributed by atoms with Gasteiger partial charge in [0.1, 0.15) is 0 Å². The minimum absolute atomic E-state index is 0.109. The number of rotatable bonds is 2. The molecule has 0 unspecified atom stereocenters. The third-order valence-electron chi connectivity index (χ3n) is 6.47. The van der Waals surface area contributed by atoms with Crippen molar-refractivity contribution in [1.82, 2.24) is 10.2 Å². The summed E-state index contributed by atoms with van der Waals surface area (Å²) >= 11 is 0. The molecule has 1 aliphatic heterocycles. The Morgan fingerprint density at radius 3 is 2.33 bits per heavy atom. The van der Waals surface area contributed by atoms with Gasteiger partial charge in [0.25, 0.3) is 0 Å². The van der Waals surface area contributed by atoms with Crippen LogP contribution in [0.2, 0.25) is 0 Å². The summed E-state index contributed by atoms with van der Waals surface area (Å²) in [7, 11) is 0. The van der Waals surface area contributed by atoms with E-state index in [4.69, 9.17) is 0 Å². The summed E-state index contributed by atoms with van der Waals surface area (Å²) in [5.41, 5.74) is 0.109. The Kier molecular flexibility index (Phi) is 3.40. The molecule has 4 heteroatoms. The molecule has 0 aromatic rings. The van der Waals surface area contributed by atoms with Gasteiger partial charge in [-0.2, -0.15) is 0 Å². The van der Waals surface area contributed by atoms with Crippen LogP contribution in [0.3, 0.4) is 0 Å². The molecule has 1 saturated heterocycles. The lowest BCUT2D eigenvalue weighted by atomic mass is 9.53. The number of nitrogens with zero attached hydrogens (tertiary/aromatic N) is 1. The molecule has 4 nitrogen and oxygen atoms in total. The number of aliphatic hydroxyl groups excluding tert-OH is 1. The van der Waals surface area contributed by atoms with Gasteiger partial charge in [-0.3, -0.25) is 0 Å². The standard InChI is InChI=1S/C17H28N2O2/c20-11-12-2-1-3-19(10-12)16(21)18-17-7-13-4-14(8-17)6-15(5-13)9-17/h12-15,20H,1-11H2,(H,18,21)/t12-,13?,14?,15?,17?/m1/s1. The molecule has 2 amide bonds. The van der Waals surface area contributed by atoms with Gasteiger partial charge in [-0.05, 0) is 75.0 Å². The van der Waals surface area contributed by atoms with Gasteiger partial charge in [0, 0.05) is 25.2 Å². The molecule has 21 heavy (non-hydrogen) atoms. The Hall–Kier alpha value is -0.770. The molecule has 4 aliphatic carbocycles. The summed E-state index contributed by atoms with van der Waals surface area (Å²) in [5.74, 6) is 2.87. The highest BCUT2D eigenvalue weighted by Crippen LogP contribution is 2.55. The van der Waals surface area contributed by atoms with Crippen molar-refractivity contribution in [2.24, 2.45) is 23.7 Å². The van der Waals surface area contributed by atoms with Gasteiger partial charge in [-0.25, -0.2) is 4.79 Å². The van der Waals surface area contributed by atoms with E-state index in [1.54, 1.807) is 0 Å². The van der Waals surface area contributed by atoms with Gasteiger partial charge in [0.2, 0.25) is 0 Å². The Morgan fingerprint density at radius 1 is 1.14 bits per heavy atom. The molecule has 2 N–H and O–H groups in total. The number of hydrogen-bond acceptors (Lipinski definition) is 2. The molecule has 0 aromatic carbocycles. The molecule has 0 radical (unpaired) electrons. The summed E-state index contributed by atoms with van der Waals surface area (Å²) in [6.45, 7) is 1.80. The van der Waals surface area contributed by atoms with Crippen molar-refractivity contribution in [2.45, 2.75) is 56.9 Å². The van der Waals surface area contributed by atoms with Gasteiger partial charge in [0.15, 0.2) is 0 Å². The van der Waals surface area contributed by atoms with Crippen LogP contribution in [0.1, 0.15) is 51.4 Å². The monoisotopic (exact) mass is 292 g/mol. The average Bonchev–Trinajstić information content (AvgIpc) is 2.45. The topological polar surface area (TPSA) is 52.6 Å². The minimum atomic E-state index is 0.109. The molecule has 1 heterocycles. The second kappa shape index (κ2) is 5.15. The second-order valence-electron chi connectivity index (χ2n) is 8.26. The van der Waals surface area contributed by atoms with E-state index < -0.39 is 0 Å². The maximum absolute atomic E-state index is 12.7. The molecule has 0 spiro atoms. The average molecular weight is 292 g/mol. The van der Waals surface area contributed by atoms with Crippen LogP contribution in [0.4, 0.5) is 4.79 Å². The maximum atomic E-state index is 12.7. The molecule has 1 atom stereocenters. The molecule has 4 bridgehead atoms. The predicted molar refractivity (Wildman–Crippen MR) is 80.8 cm³/mol. The van der Waals surface area contributed by atoms with E-state index in [0.29, 0.717) is 0 Å². The maximum Gasteiger partial charge on any atom is 0.317 e. The minimum Gasteiger partial charge on any atom is -0.396 e. The third kappa shape index (κ3) is 2.56. The summed E-state index contributed by atoms with van der Waals surface area (Å²) in [4.78, 5) is 14.6. The van der Waals surface area contributed by atoms with Gasteiger partial charge >= 0.3 is 6.03 Å². The van der Waals surface area contributed by atoms with E-state index in [2.05, 4.69) is 5.32 Å². The Balaban J connectivity index is 1.42. The molecule has 5 rings (SSSR count). The highest BCUT2D eigenvalue weighted by Gasteiger charge is 2.51. The highest BCUT2D eigenvalue weighted by molar-refractivity contribution is 5.75. The molecular formula is C17H28N2O2. The van der Waals surface area contributed by atoms with Gasteiger partial charge in [0.05, 0.1) is 0 Å². The zero-order chi connectivity index (χ0) is 14.4. The fourth-order valence-corrected chi connectivity index (χ4v) is 5.97. The van der Waals surface area contributed by atoms with E-state index in [1.807, 2.05) is 4.90 Å². The van der Waals surface area contributed by atoms with Crippen molar-refractivity contribution in [2.75, 3.05) is 19.7 Å². The lowest BCUT2D eigenvalue weighted by Gasteiger charge is -2.57. The fourth-order valence-electron chi connectivity index (χ4n) is 5.97. The normalized spacial score (nSPS) is 44.9. The number of piperidine rings is 1. The largest absolute Gasteiger partial charge is 0.396 e. The lowest BCUT2D eigenvalue weighted by Crippen LogP contribution is -2.62. The van der Waals surface area contributed by atoms with Crippen molar-refractivity contribution >= 4 is 6.03 Å². The van der Waals surface area contributed by atoms with E-state index in [1.165, 1.54) is 38.5 Å². The van der Waals surface area contributed by atoms with Crippen LogP contribution in [0.25, 0.3) is 0 Å². The molecule has 5 fully saturated rings. The molecule has 0 aromatic heterocycles. The number of nitrogens with one attached hydrogen (secondary N) is 1. The SMILES string of the molecule is O=C(NC12CC3CC(CC(C3)C1)C2)N1CCC[C@@H](CO)C1. The summed E-state index contributed by atoms with van der Waals surface area (Å²) in [6.07, 6.45) is 9.94. The first-order chi connectivity index (χ1) is 10.2. The molecule has 4 saturated carbocycles. The Bertz CT molecular complexity index is 388. The first kappa shape index (κ1) is 13.9. The highest BCUT2D eigenvalue weighted by atomic mass is 16.3. The second-order valence-corrected chi connectivity index (χ2v) is 8.26. The van der Waals surface area contributed by atoms with Gasteiger partial charge in [-0.1, -0.05) is 0 Å². The van der Waals surface area contributed by atoms with Crippen LogP contribution < -0.4 is 5.32 Å². The fraction of sp³-hybridized carbons (Fsp3) is 0.941. The summed E-state index contributed by atoms with van der Waals surface area (Å²) < 4.78 is 0. The van der Waals surface area contributed by atoms with Gasteiger partial charge in [-0.15, -0.1) is 0 Å². The first-order valence-electron chi connectivity index (χ1n) is 8.84. The molecular weight excluding hydrogens is 264 g/mol. The van der Waals surface area contributed by atoms with Crippen LogP contribution in [0, 0.1) is 23.7 Å². The summed E-state index contributed by atoms with van der Waals surface area (Å²) in [5, 5.41) is 12.8. The Morgan fingerprint density at radius 2 is 1.76 bits per heavy atom. The first-order valence-corrected chi connectivity index (χ1v) is 8.84. The lowest BCUT2D eigenvalue weighted by molar-refractivity contribution is -0.0165. The van der Waals surface area contributed by atoms with Crippen molar-refractivity contribution in [1.29, 1.82) is 0 Å². The van der Waals surface area contributed by atoms with E-state index in [-0.39, 0.29) is 24.1 Å². The van der Waals surface area contributed by atoms with Crippen molar-refractivity contribution in [3.8, 4) is 0 Å². The van der Waals surface area contributed by atoms with Crippen LogP contribution in [-0.2, 0) is 0 Å². The van der Waals surface area contributed by atoms with Crippen LogP contribution in [0.5, 0.6) is 0 Å². The van der Waals surface area contributed by atoms with Crippen molar-refractivity contribution in [3.63, 3.8) is 0 Å². The van der Waals surface area contributed by atoms with E-state index >= 15 is 0 Å². The quantitative estimate of drug-likeness (QED) is 0.821. The number of likely N-dealkylation sites (tertiary alicyclic amines) is 1. The van der Waals surface area contributed by atoms with Crippen molar-refractivity contribution in [3.05, 3.63) is 0 Å². The number of aliphatic hydroxyl groups is 1. The Labute approximate surface area is 127 Å². The molecule has 118 valence electrons. The molecule has 5 aliphatic rings. The third-order valence-corrected chi connectivity index (χ3v) is 6.47. The zero-order valence-electron chi connectivity index (χ0n) is 12.9. The number of amides is 2. The van der Waals surface area contributed by atoms with Crippen LogP contribution in [-0.4, -0.2) is 41.3 Å². The predicted octanol–water partition coefficient (Wildman–Crippen LogP) is 2.37. The number of urea groups is 1. The van der Waals surface area contributed by atoms with E-state index in [9.17, 15) is 9.90 Å². The number of carbonyl (C=O) groups excluding carboxylic acids is 1. The summed E-state index contributed by atoms with van der Waals surface area (Å²) in [6, 6.07) is 0.134. The zero-order valence-corrected chi connectivity index (χ0v) is 12.9. The van der Waals surface area contributed by atoms with E-state index in [0.717, 1.165) is 43.7 Å². The van der Waals surface area contributed by atoms with Crippen molar-refractivity contribution < 1.29 is 9.90 Å². The number of hydrogen-bond donors (Lipinski definition) is 2. The van der Waals surface area contributed by atoms with Gasteiger partial charge < -0.3 is 15.3 Å². The smallest absolute Gasteiger partial charge is 0.317 e. The van der Waals surface area contributed by atoms with Crippen LogP contribution in [0.15, 0.2) is 0 Å².